The molecule has 0 spiro atoms. The quantitative estimate of drug-likeness (QED) is 0.401. The van der Waals surface area contributed by atoms with E-state index < -0.39 is 0 Å². The first-order chi connectivity index (χ1) is 12.4. The lowest BCUT2D eigenvalue weighted by molar-refractivity contribution is -0.385. The van der Waals surface area contributed by atoms with Crippen LogP contribution in [0.15, 0.2) is 46.9 Å². The summed E-state index contributed by atoms with van der Waals surface area (Å²) < 4.78 is 5.91. The maximum atomic E-state index is 11.2. The van der Waals surface area contributed by atoms with Gasteiger partial charge in [-0.05, 0) is 50.1 Å². The molecule has 2 aromatic heterocycles. The second-order valence-corrected chi connectivity index (χ2v) is 6.49. The van der Waals surface area contributed by atoms with Crippen molar-refractivity contribution in [1.82, 2.24) is 9.97 Å². The van der Waals surface area contributed by atoms with Gasteiger partial charge in [-0.15, -0.1) is 0 Å². The van der Waals surface area contributed by atoms with Crippen LogP contribution in [0.2, 0.25) is 0 Å². The van der Waals surface area contributed by atoms with Crippen LogP contribution in [-0.2, 0) is 0 Å². The first-order valence-electron chi connectivity index (χ1n) is 8.25. The largest absolute Gasteiger partial charge is 0.453 e. The van der Waals surface area contributed by atoms with Crippen molar-refractivity contribution in [1.29, 1.82) is 0 Å². The minimum atomic E-state index is -0.382. The Morgan fingerprint density at radius 2 is 1.77 bits per heavy atom. The fraction of sp³-hybridized carbons (Fsp3) is 0.150. The van der Waals surface area contributed by atoms with Gasteiger partial charge in [0, 0.05) is 17.2 Å². The van der Waals surface area contributed by atoms with Crippen LogP contribution < -0.4 is 0 Å². The smallest absolute Gasteiger partial charge is 0.273 e. The summed E-state index contributed by atoms with van der Waals surface area (Å²) in [6.07, 6.45) is 0. The van der Waals surface area contributed by atoms with E-state index in [4.69, 9.17) is 4.42 Å². The lowest BCUT2D eigenvalue weighted by Gasteiger charge is -2.00. The number of nitrogens with one attached hydrogen (secondary N) is 1. The number of benzene rings is 2. The molecule has 0 radical (unpaired) electrons. The van der Waals surface area contributed by atoms with Gasteiger partial charge in [-0.2, -0.15) is 0 Å². The molecule has 6 nitrogen and oxygen atoms in total. The molecule has 0 bridgehead atoms. The molecule has 0 unspecified atom stereocenters. The van der Waals surface area contributed by atoms with E-state index in [-0.39, 0.29) is 10.6 Å². The molecule has 0 aliphatic heterocycles. The minimum Gasteiger partial charge on any atom is -0.453 e. The van der Waals surface area contributed by atoms with Crippen molar-refractivity contribution in [2.45, 2.75) is 20.8 Å². The molecule has 0 saturated carbocycles. The van der Waals surface area contributed by atoms with E-state index in [0.29, 0.717) is 28.5 Å². The van der Waals surface area contributed by atoms with Crippen LogP contribution in [0, 0.1) is 30.9 Å². The molecule has 130 valence electrons. The molecule has 2 heterocycles. The van der Waals surface area contributed by atoms with Crippen LogP contribution in [0.1, 0.15) is 16.7 Å². The Bertz CT molecular complexity index is 1150. The van der Waals surface area contributed by atoms with E-state index in [1.807, 2.05) is 32.0 Å². The molecular formula is C20H17N3O3. The van der Waals surface area contributed by atoms with Crippen molar-refractivity contribution >= 4 is 16.7 Å². The van der Waals surface area contributed by atoms with E-state index in [9.17, 15) is 10.1 Å². The van der Waals surface area contributed by atoms with E-state index in [1.54, 1.807) is 19.1 Å². The van der Waals surface area contributed by atoms with Crippen molar-refractivity contribution in [3.05, 3.63) is 69.3 Å². The summed E-state index contributed by atoms with van der Waals surface area (Å²) in [6.45, 7) is 5.79. The zero-order valence-electron chi connectivity index (χ0n) is 14.7. The third kappa shape index (κ3) is 2.65. The third-order valence-electron chi connectivity index (χ3n) is 4.45. The van der Waals surface area contributed by atoms with E-state index in [2.05, 4.69) is 16.0 Å². The van der Waals surface area contributed by atoms with E-state index in [0.717, 1.165) is 22.2 Å². The number of aryl methyl sites for hydroxylation is 3. The summed E-state index contributed by atoms with van der Waals surface area (Å²) in [5.74, 6) is 1.80. The molecule has 0 saturated heterocycles. The predicted octanol–water partition coefficient (Wildman–Crippen LogP) is 5.32. The maximum absolute atomic E-state index is 11.2. The number of aromatic amines is 1. The van der Waals surface area contributed by atoms with Gasteiger partial charge in [-0.3, -0.25) is 10.1 Å². The summed E-state index contributed by atoms with van der Waals surface area (Å²) in [6, 6.07) is 12.8. The number of fused-ring (bicyclic) bond motifs is 1. The zero-order valence-corrected chi connectivity index (χ0v) is 14.7. The summed E-state index contributed by atoms with van der Waals surface area (Å²) in [4.78, 5) is 18.7. The third-order valence-corrected chi connectivity index (χ3v) is 4.45. The van der Waals surface area contributed by atoms with Crippen LogP contribution in [-0.4, -0.2) is 14.9 Å². The Balaban J connectivity index is 1.76. The Labute approximate surface area is 149 Å². The summed E-state index contributed by atoms with van der Waals surface area (Å²) in [5, 5.41) is 11.2. The van der Waals surface area contributed by atoms with Gasteiger partial charge in [0.25, 0.3) is 5.69 Å². The van der Waals surface area contributed by atoms with Gasteiger partial charge in [0.15, 0.2) is 11.6 Å². The SMILES string of the molecule is Cc1cc(C)c2nc(-c3ccc(-c4ccc(C)c([N+](=O)[O-])c4)o3)[nH]c2c1. The Morgan fingerprint density at radius 1 is 1.00 bits per heavy atom. The Hall–Kier alpha value is -3.41. The van der Waals surface area contributed by atoms with Crippen molar-refractivity contribution in [2.75, 3.05) is 0 Å². The molecular weight excluding hydrogens is 330 g/mol. The van der Waals surface area contributed by atoms with Crippen molar-refractivity contribution in [2.24, 2.45) is 0 Å². The molecule has 0 aliphatic carbocycles. The number of nitrogens with zero attached hydrogens (tertiary/aromatic N) is 2. The average molecular weight is 347 g/mol. The molecule has 0 fully saturated rings. The first kappa shape index (κ1) is 16.1. The fourth-order valence-electron chi connectivity index (χ4n) is 3.17. The predicted molar refractivity (Wildman–Crippen MR) is 100 cm³/mol. The van der Waals surface area contributed by atoms with Crippen molar-refractivity contribution in [3.8, 4) is 22.9 Å². The van der Waals surface area contributed by atoms with Gasteiger partial charge >= 0.3 is 0 Å². The van der Waals surface area contributed by atoms with E-state index >= 15 is 0 Å². The number of hydrogen-bond acceptors (Lipinski definition) is 4. The highest BCUT2D eigenvalue weighted by atomic mass is 16.6. The molecule has 26 heavy (non-hydrogen) atoms. The zero-order chi connectivity index (χ0) is 18.4. The molecule has 6 heteroatoms. The molecule has 2 aromatic carbocycles. The van der Waals surface area contributed by atoms with E-state index in [1.165, 1.54) is 6.07 Å². The first-order valence-corrected chi connectivity index (χ1v) is 8.25. The number of aromatic nitrogens is 2. The topological polar surface area (TPSA) is 85.0 Å². The second-order valence-electron chi connectivity index (χ2n) is 6.49. The highest BCUT2D eigenvalue weighted by molar-refractivity contribution is 5.82. The number of rotatable bonds is 3. The lowest BCUT2D eigenvalue weighted by Crippen LogP contribution is -1.91. The van der Waals surface area contributed by atoms with Gasteiger partial charge < -0.3 is 9.40 Å². The van der Waals surface area contributed by atoms with Crippen molar-refractivity contribution in [3.63, 3.8) is 0 Å². The number of imidazole rings is 1. The Morgan fingerprint density at radius 3 is 2.54 bits per heavy atom. The van der Waals surface area contributed by atoms with Crippen LogP contribution in [0.5, 0.6) is 0 Å². The van der Waals surface area contributed by atoms with Gasteiger partial charge in [0.2, 0.25) is 0 Å². The fourth-order valence-corrected chi connectivity index (χ4v) is 3.17. The highest BCUT2D eigenvalue weighted by Crippen LogP contribution is 2.31. The average Bonchev–Trinajstić information content (AvgIpc) is 3.21. The standard InChI is InChI=1S/C20H17N3O3/c1-11-8-13(3)19-15(9-11)21-20(22-19)18-7-6-17(26-18)14-5-4-12(2)16(10-14)23(24)25/h4-10H,1-3H3,(H,21,22). The summed E-state index contributed by atoms with van der Waals surface area (Å²) >= 11 is 0. The molecule has 0 aliphatic rings. The molecule has 0 atom stereocenters. The molecule has 4 rings (SSSR count). The van der Waals surface area contributed by atoms with Gasteiger partial charge in [0.1, 0.15) is 5.76 Å². The number of hydrogen-bond donors (Lipinski definition) is 1. The monoisotopic (exact) mass is 347 g/mol. The lowest BCUT2D eigenvalue weighted by atomic mass is 10.1. The highest BCUT2D eigenvalue weighted by Gasteiger charge is 2.16. The summed E-state index contributed by atoms with van der Waals surface area (Å²) in [7, 11) is 0. The maximum Gasteiger partial charge on any atom is 0.273 e. The van der Waals surface area contributed by atoms with Gasteiger partial charge in [0.05, 0.1) is 16.0 Å². The number of H-pyrrole nitrogens is 1. The number of nitro benzene ring substituents is 1. The minimum absolute atomic E-state index is 0.0790. The summed E-state index contributed by atoms with van der Waals surface area (Å²) in [5.41, 5.74) is 5.50. The molecule has 0 amide bonds. The van der Waals surface area contributed by atoms with Crippen LogP contribution in [0.25, 0.3) is 33.9 Å². The number of nitro groups is 1. The van der Waals surface area contributed by atoms with Crippen LogP contribution in [0.3, 0.4) is 0 Å². The van der Waals surface area contributed by atoms with Gasteiger partial charge in [-0.1, -0.05) is 18.2 Å². The van der Waals surface area contributed by atoms with Gasteiger partial charge in [-0.25, -0.2) is 4.98 Å². The van der Waals surface area contributed by atoms with Crippen LogP contribution in [0.4, 0.5) is 5.69 Å². The molecule has 1 N–H and O–H groups in total. The molecule has 4 aromatic rings. The normalized spacial score (nSPS) is 11.2. The van der Waals surface area contributed by atoms with Crippen LogP contribution >= 0.6 is 0 Å². The second kappa shape index (κ2) is 5.84. The number of furan rings is 1. The Kier molecular flexibility index (Phi) is 3.61. The van der Waals surface area contributed by atoms with Crippen molar-refractivity contribution < 1.29 is 9.34 Å².